The molecule has 3 rings (SSSR count). The second-order valence-electron chi connectivity index (χ2n) is 3.71. The molecule has 2 aromatic rings. The number of anilines is 1. The number of aromatic nitrogens is 4. The molecule has 76 valence electrons. The molecule has 2 aromatic heterocycles. The third-order valence-electron chi connectivity index (χ3n) is 2.57. The van der Waals surface area contributed by atoms with E-state index in [9.17, 15) is 0 Å². The number of nitrogens with zero attached hydrogens (tertiary/aromatic N) is 4. The fourth-order valence-electron chi connectivity index (χ4n) is 1.62. The summed E-state index contributed by atoms with van der Waals surface area (Å²) in [5.74, 6) is 0.693. The maximum atomic E-state index is 6.01. The lowest BCUT2D eigenvalue weighted by Gasteiger charge is -2.01. The van der Waals surface area contributed by atoms with E-state index in [1.165, 1.54) is 12.8 Å². The molecule has 5 heteroatoms. The summed E-state index contributed by atoms with van der Waals surface area (Å²) < 4.78 is 1.88. The molecule has 0 saturated heterocycles. The van der Waals surface area contributed by atoms with Crippen LogP contribution in [-0.4, -0.2) is 19.7 Å². The summed E-state index contributed by atoms with van der Waals surface area (Å²) in [4.78, 5) is 8.22. The Bertz CT molecular complexity index is 472. The van der Waals surface area contributed by atoms with Crippen LogP contribution >= 0.6 is 0 Å². The number of nitrogens with two attached hydrogens (primary N) is 1. The zero-order valence-electron chi connectivity index (χ0n) is 8.17. The fourth-order valence-corrected chi connectivity index (χ4v) is 1.62. The highest BCUT2D eigenvalue weighted by molar-refractivity contribution is 5.69. The average molecular weight is 201 g/mol. The van der Waals surface area contributed by atoms with Crippen molar-refractivity contribution in [1.82, 2.24) is 19.7 Å². The van der Waals surface area contributed by atoms with Crippen molar-refractivity contribution in [2.75, 3.05) is 5.73 Å². The van der Waals surface area contributed by atoms with Crippen LogP contribution in [0.5, 0.6) is 0 Å². The highest BCUT2D eigenvalue weighted by atomic mass is 15.3. The number of nitrogen functional groups attached to an aromatic ring is 1. The minimum atomic E-state index is 0.496. The van der Waals surface area contributed by atoms with Crippen LogP contribution in [0.4, 0.5) is 5.82 Å². The van der Waals surface area contributed by atoms with Gasteiger partial charge < -0.3 is 5.73 Å². The van der Waals surface area contributed by atoms with Gasteiger partial charge in [0, 0.05) is 12.4 Å². The van der Waals surface area contributed by atoms with Gasteiger partial charge in [0.15, 0.2) is 0 Å². The summed E-state index contributed by atoms with van der Waals surface area (Å²) in [5.41, 5.74) is 7.66. The highest BCUT2D eigenvalue weighted by Crippen LogP contribution is 2.38. The molecule has 2 N–H and O–H groups in total. The largest absolute Gasteiger partial charge is 0.383 e. The molecular weight excluding hydrogens is 190 g/mol. The van der Waals surface area contributed by atoms with Gasteiger partial charge in [-0.3, -0.25) is 9.97 Å². The van der Waals surface area contributed by atoms with Crippen molar-refractivity contribution in [3.05, 3.63) is 24.8 Å². The zero-order valence-corrected chi connectivity index (χ0v) is 8.17. The Morgan fingerprint density at radius 2 is 2.13 bits per heavy atom. The van der Waals surface area contributed by atoms with Crippen LogP contribution in [0.15, 0.2) is 24.8 Å². The lowest BCUT2D eigenvalue weighted by Crippen LogP contribution is -2.02. The number of rotatable bonds is 2. The first-order valence-corrected chi connectivity index (χ1v) is 4.95. The molecule has 1 aliphatic rings. The Morgan fingerprint density at radius 3 is 2.80 bits per heavy atom. The third-order valence-corrected chi connectivity index (χ3v) is 2.57. The molecule has 0 radical (unpaired) electrons. The Kier molecular flexibility index (Phi) is 1.71. The maximum absolute atomic E-state index is 6.01. The molecule has 1 aliphatic carbocycles. The Morgan fingerprint density at radius 1 is 1.27 bits per heavy atom. The summed E-state index contributed by atoms with van der Waals surface area (Å²) in [5, 5.41) is 4.28. The molecule has 0 unspecified atom stereocenters. The summed E-state index contributed by atoms with van der Waals surface area (Å²) in [7, 11) is 0. The van der Waals surface area contributed by atoms with Gasteiger partial charge in [-0.15, -0.1) is 0 Å². The topological polar surface area (TPSA) is 69.6 Å². The van der Waals surface area contributed by atoms with E-state index in [2.05, 4.69) is 15.1 Å². The second kappa shape index (κ2) is 3.05. The van der Waals surface area contributed by atoms with Crippen molar-refractivity contribution in [3.8, 4) is 11.3 Å². The minimum Gasteiger partial charge on any atom is -0.383 e. The van der Waals surface area contributed by atoms with Crippen molar-refractivity contribution in [2.45, 2.75) is 18.9 Å². The van der Waals surface area contributed by atoms with E-state index in [1.54, 1.807) is 24.8 Å². The predicted molar refractivity (Wildman–Crippen MR) is 55.9 cm³/mol. The van der Waals surface area contributed by atoms with Gasteiger partial charge in [0.25, 0.3) is 0 Å². The first-order valence-electron chi connectivity index (χ1n) is 4.95. The highest BCUT2D eigenvalue weighted by Gasteiger charge is 2.27. The Labute approximate surface area is 87.0 Å². The summed E-state index contributed by atoms with van der Waals surface area (Å²) in [6, 6.07) is 0.496. The molecule has 5 nitrogen and oxygen atoms in total. The van der Waals surface area contributed by atoms with E-state index in [-0.39, 0.29) is 0 Å². The average Bonchev–Trinajstić information content (AvgIpc) is 3.04. The minimum absolute atomic E-state index is 0.496. The van der Waals surface area contributed by atoms with Gasteiger partial charge in [-0.25, -0.2) is 4.68 Å². The SMILES string of the molecule is Nc1c(-c2cnccn2)cnn1C1CC1. The molecule has 1 saturated carbocycles. The number of hydrogen-bond donors (Lipinski definition) is 1. The monoisotopic (exact) mass is 201 g/mol. The van der Waals surface area contributed by atoms with Gasteiger partial charge in [0.1, 0.15) is 5.82 Å². The van der Waals surface area contributed by atoms with E-state index in [0.29, 0.717) is 11.9 Å². The van der Waals surface area contributed by atoms with Crippen LogP contribution in [0.1, 0.15) is 18.9 Å². The molecule has 0 amide bonds. The predicted octanol–water partition coefficient (Wildman–Crippen LogP) is 1.26. The van der Waals surface area contributed by atoms with Crippen molar-refractivity contribution >= 4 is 5.82 Å². The lowest BCUT2D eigenvalue weighted by atomic mass is 10.2. The molecule has 0 aliphatic heterocycles. The smallest absolute Gasteiger partial charge is 0.131 e. The molecular formula is C10H11N5. The number of hydrogen-bond acceptors (Lipinski definition) is 4. The first kappa shape index (κ1) is 8.40. The summed E-state index contributed by atoms with van der Waals surface area (Å²) in [6.45, 7) is 0. The van der Waals surface area contributed by atoms with Gasteiger partial charge in [0.05, 0.1) is 29.7 Å². The van der Waals surface area contributed by atoms with Crippen molar-refractivity contribution in [3.63, 3.8) is 0 Å². The maximum Gasteiger partial charge on any atom is 0.131 e. The Balaban J connectivity index is 2.05. The van der Waals surface area contributed by atoms with Crippen molar-refractivity contribution in [2.24, 2.45) is 0 Å². The quantitative estimate of drug-likeness (QED) is 0.794. The van der Waals surface area contributed by atoms with Crippen LogP contribution in [0, 0.1) is 0 Å². The lowest BCUT2D eigenvalue weighted by molar-refractivity contribution is 0.651. The van der Waals surface area contributed by atoms with Crippen LogP contribution in [0.2, 0.25) is 0 Å². The van der Waals surface area contributed by atoms with Crippen LogP contribution in [0.25, 0.3) is 11.3 Å². The van der Waals surface area contributed by atoms with E-state index < -0.39 is 0 Å². The molecule has 0 spiro atoms. The van der Waals surface area contributed by atoms with E-state index >= 15 is 0 Å². The third kappa shape index (κ3) is 1.36. The van der Waals surface area contributed by atoms with E-state index in [1.807, 2.05) is 4.68 Å². The molecule has 0 bridgehead atoms. The molecule has 0 atom stereocenters. The Hall–Kier alpha value is -1.91. The zero-order chi connectivity index (χ0) is 10.3. The second-order valence-corrected chi connectivity index (χ2v) is 3.71. The van der Waals surface area contributed by atoms with Crippen LogP contribution < -0.4 is 5.73 Å². The van der Waals surface area contributed by atoms with Gasteiger partial charge in [-0.2, -0.15) is 5.10 Å². The van der Waals surface area contributed by atoms with Gasteiger partial charge in [-0.1, -0.05) is 0 Å². The summed E-state index contributed by atoms with van der Waals surface area (Å²) >= 11 is 0. The molecule has 0 aromatic carbocycles. The van der Waals surface area contributed by atoms with E-state index in [0.717, 1.165) is 11.3 Å². The summed E-state index contributed by atoms with van der Waals surface area (Å²) in [6.07, 6.45) is 9.11. The van der Waals surface area contributed by atoms with Crippen LogP contribution in [-0.2, 0) is 0 Å². The molecule has 2 heterocycles. The molecule has 1 fully saturated rings. The first-order chi connectivity index (χ1) is 7.36. The van der Waals surface area contributed by atoms with E-state index in [4.69, 9.17) is 5.73 Å². The van der Waals surface area contributed by atoms with Gasteiger partial charge in [-0.05, 0) is 12.8 Å². The van der Waals surface area contributed by atoms with Crippen molar-refractivity contribution < 1.29 is 0 Å². The van der Waals surface area contributed by atoms with Crippen molar-refractivity contribution in [1.29, 1.82) is 0 Å². The van der Waals surface area contributed by atoms with Crippen LogP contribution in [0.3, 0.4) is 0 Å². The normalized spacial score (nSPS) is 15.5. The van der Waals surface area contributed by atoms with Gasteiger partial charge >= 0.3 is 0 Å². The fraction of sp³-hybridized carbons (Fsp3) is 0.300. The van der Waals surface area contributed by atoms with Gasteiger partial charge in [0.2, 0.25) is 0 Å². The standard InChI is InChI=1S/C10H11N5/c11-10-8(9-6-12-3-4-13-9)5-14-15(10)7-1-2-7/h3-7H,1-2,11H2. The molecule has 15 heavy (non-hydrogen) atoms.